The van der Waals surface area contributed by atoms with Crippen LogP contribution in [0.2, 0.25) is 0 Å². The van der Waals surface area contributed by atoms with E-state index in [2.05, 4.69) is 9.59 Å². The summed E-state index contributed by atoms with van der Waals surface area (Å²) >= 11 is 1.16. The molecule has 0 amide bonds. The van der Waals surface area contributed by atoms with Crippen molar-refractivity contribution in [1.82, 2.24) is 9.59 Å². The summed E-state index contributed by atoms with van der Waals surface area (Å²) in [5.41, 5.74) is 1.65. The van der Waals surface area contributed by atoms with Crippen LogP contribution in [0.3, 0.4) is 0 Å². The number of rotatable bonds is 2. The minimum atomic E-state index is -0.885. The molecule has 2 rings (SSSR count). The molecule has 1 aromatic carbocycles. The molecule has 0 spiro atoms. The highest BCUT2D eigenvalue weighted by molar-refractivity contribution is 7.05. The quantitative estimate of drug-likeness (QED) is 0.917. The number of aliphatic hydroxyl groups is 1. The van der Waals surface area contributed by atoms with E-state index >= 15 is 0 Å². The lowest BCUT2D eigenvalue weighted by Gasteiger charge is -2.19. The highest BCUT2D eigenvalue weighted by atomic mass is 32.1. The zero-order valence-electron chi connectivity index (χ0n) is 11.4. The molecule has 102 valence electrons. The average Bonchev–Trinajstić information content (AvgIpc) is 2.80. The van der Waals surface area contributed by atoms with Crippen LogP contribution in [0.5, 0.6) is 0 Å². The van der Waals surface area contributed by atoms with Crippen LogP contribution in [0, 0.1) is 12.7 Å². The van der Waals surface area contributed by atoms with Gasteiger partial charge in [0.15, 0.2) is 0 Å². The molecule has 1 atom stereocenters. The van der Waals surface area contributed by atoms with Gasteiger partial charge in [0.1, 0.15) is 11.9 Å². The minimum absolute atomic E-state index is 0.202. The summed E-state index contributed by atoms with van der Waals surface area (Å²) in [6.45, 7) is 7.72. The molecule has 1 unspecified atom stereocenters. The SMILES string of the molecule is Cc1ccc(C(O)c2snnc2C(C)(C)C)cc1F. The maximum absolute atomic E-state index is 13.6. The predicted octanol–water partition coefficient (Wildman–Crippen LogP) is 3.36. The van der Waals surface area contributed by atoms with E-state index in [0.29, 0.717) is 16.0 Å². The second kappa shape index (κ2) is 4.98. The first-order valence-electron chi connectivity index (χ1n) is 6.07. The second-order valence-corrected chi connectivity index (χ2v) is 6.43. The molecule has 3 nitrogen and oxygen atoms in total. The van der Waals surface area contributed by atoms with Gasteiger partial charge in [-0.2, -0.15) is 0 Å². The molecule has 0 aliphatic carbocycles. The molecule has 0 saturated heterocycles. The Balaban J connectivity index is 2.42. The summed E-state index contributed by atoms with van der Waals surface area (Å²) < 4.78 is 17.5. The van der Waals surface area contributed by atoms with Crippen LogP contribution in [0.4, 0.5) is 4.39 Å². The Morgan fingerprint density at radius 1 is 1.32 bits per heavy atom. The van der Waals surface area contributed by atoms with E-state index < -0.39 is 6.10 Å². The number of aromatic nitrogens is 2. The second-order valence-electron chi connectivity index (χ2n) is 5.65. The molecule has 19 heavy (non-hydrogen) atoms. The third-order valence-electron chi connectivity index (χ3n) is 2.98. The lowest BCUT2D eigenvalue weighted by atomic mass is 9.89. The smallest absolute Gasteiger partial charge is 0.126 e. The summed E-state index contributed by atoms with van der Waals surface area (Å²) in [6.07, 6.45) is -0.885. The Morgan fingerprint density at radius 2 is 2.00 bits per heavy atom. The number of halogens is 1. The molecule has 0 aliphatic heterocycles. The average molecular weight is 280 g/mol. The monoisotopic (exact) mass is 280 g/mol. The van der Waals surface area contributed by atoms with E-state index in [9.17, 15) is 9.50 Å². The van der Waals surface area contributed by atoms with Gasteiger partial charge < -0.3 is 5.11 Å². The number of benzene rings is 1. The summed E-state index contributed by atoms with van der Waals surface area (Å²) in [4.78, 5) is 0.677. The summed E-state index contributed by atoms with van der Waals surface area (Å²) in [7, 11) is 0. The van der Waals surface area contributed by atoms with Crippen molar-refractivity contribution in [3.63, 3.8) is 0 Å². The summed E-state index contributed by atoms with van der Waals surface area (Å²) in [5.74, 6) is -0.314. The molecule has 0 bridgehead atoms. The van der Waals surface area contributed by atoms with Gasteiger partial charge in [-0.15, -0.1) is 5.10 Å². The predicted molar refractivity (Wildman–Crippen MR) is 73.8 cm³/mol. The van der Waals surface area contributed by atoms with Crippen LogP contribution in [0.25, 0.3) is 0 Å². The fourth-order valence-electron chi connectivity index (χ4n) is 1.83. The zero-order chi connectivity index (χ0) is 14.2. The number of hydrogen-bond acceptors (Lipinski definition) is 4. The molecule has 0 saturated carbocycles. The van der Waals surface area contributed by atoms with Gasteiger partial charge in [-0.3, -0.25) is 0 Å². The first kappa shape index (κ1) is 14.1. The fourth-order valence-corrected chi connectivity index (χ4v) is 2.71. The van der Waals surface area contributed by atoms with E-state index in [1.54, 1.807) is 19.1 Å². The lowest BCUT2D eigenvalue weighted by Crippen LogP contribution is -2.16. The maximum Gasteiger partial charge on any atom is 0.126 e. The highest BCUT2D eigenvalue weighted by Gasteiger charge is 2.27. The standard InChI is InChI=1S/C14H17FN2OS/c1-8-5-6-9(7-10(8)15)11(18)12-13(14(2,3)4)16-17-19-12/h5-7,11,18H,1-4H3. The first-order valence-corrected chi connectivity index (χ1v) is 6.85. The van der Waals surface area contributed by atoms with Gasteiger partial charge in [0.05, 0.1) is 10.6 Å². The number of aryl methyl sites for hydroxylation is 1. The Bertz CT molecular complexity index is 589. The maximum atomic E-state index is 13.6. The van der Waals surface area contributed by atoms with Crippen LogP contribution in [0.1, 0.15) is 48.6 Å². The van der Waals surface area contributed by atoms with Crippen molar-refractivity contribution in [3.8, 4) is 0 Å². The van der Waals surface area contributed by atoms with Crippen molar-refractivity contribution in [2.24, 2.45) is 0 Å². The molecule has 0 aliphatic rings. The highest BCUT2D eigenvalue weighted by Crippen LogP contribution is 2.33. The van der Waals surface area contributed by atoms with Gasteiger partial charge in [-0.25, -0.2) is 4.39 Å². The van der Waals surface area contributed by atoms with Crippen molar-refractivity contribution in [3.05, 3.63) is 45.7 Å². The number of hydrogen-bond donors (Lipinski definition) is 1. The zero-order valence-corrected chi connectivity index (χ0v) is 12.3. The minimum Gasteiger partial charge on any atom is -0.383 e. The topological polar surface area (TPSA) is 46.0 Å². The Kier molecular flexibility index (Phi) is 3.69. The fraction of sp³-hybridized carbons (Fsp3) is 0.429. The molecule has 1 aromatic heterocycles. The van der Waals surface area contributed by atoms with Crippen molar-refractivity contribution >= 4 is 11.5 Å². The van der Waals surface area contributed by atoms with Crippen LogP contribution in [-0.2, 0) is 5.41 Å². The van der Waals surface area contributed by atoms with E-state index in [-0.39, 0.29) is 11.2 Å². The van der Waals surface area contributed by atoms with Crippen molar-refractivity contribution in [2.45, 2.75) is 39.2 Å². The van der Waals surface area contributed by atoms with Gasteiger partial charge >= 0.3 is 0 Å². The molecular weight excluding hydrogens is 263 g/mol. The van der Waals surface area contributed by atoms with Gasteiger partial charge in [-0.1, -0.05) is 37.4 Å². The summed E-state index contributed by atoms with van der Waals surface area (Å²) in [5, 5.41) is 14.5. The van der Waals surface area contributed by atoms with Gasteiger partial charge in [-0.05, 0) is 35.6 Å². The van der Waals surface area contributed by atoms with Crippen molar-refractivity contribution in [1.29, 1.82) is 0 Å². The Hall–Kier alpha value is -1.33. The van der Waals surface area contributed by atoms with Crippen LogP contribution in [0.15, 0.2) is 18.2 Å². The van der Waals surface area contributed by atoms with E-state index in [0.717, 1.165) is 17.2 Å². The van der Waals surface area contributed by atoms with Gasteiger partial charge in [0.2, 0.25) is 0 Å². The third kappa shape index (κ3) is 2.82. The molecule has 5 heteroatoms. The first-order chi connectivity index (χ1) is 8.80. The van der Waals surface area contributed by atoms with Crippen LogP contribution >= 0.6 is 11.5 Å². The van der Waals surface area contributed by atoms with E-state index in [1.807, 2.05) is 20.8 Å². The molecule has 1 N–H and O–H groups in total. The molecule has 1 heterocycles. The van der Waals surface area contributed by atoms with E-state index in [4.69, 9.17) is 0 Å². The van der Waals surface area contributed by atoms with Gasteiger partial charge in [0, 0.05) is 5.41 Å². The van der Waals surface area contributed by atoms with Crippen LogP contribution < -0.4 is 0 Å². The third-order valence-corrected chi connectivity index (χ3v) is 3.76. The van der Waals surface area contributed by atoms with Gasteiger partial charge in [0.25, 0.3) is 0 Å². The molecule has 0 radical (unpaired) electrons. The van der Waals surface area contributed by atoms with E-state index in [1.165, 1.54) is 6.07 Å². The Labute approximate surface area is 116 Å². The van der Waals surface area contributed by atoms with Crippen molar-refractivity contribution in [2.75, 3.05) is 0 Å². The Morgan fingerprint density at radius 3 is 2.58 bits per heavy atom. The lowest BCUT2D eigenvalue weighted by molar-refractivity contribution is 0.220. The molecular formula is C14H17FN2OS. The van der Waals surface area contributed by atoms with Crippen molar-refractivity contribution < 1.29 is 9.50 Å². The largest absolute Gasteiger partial charge is 0.383 e. The molecule has 2 aromatic rings. The van der Waals surface area contributed by atoms with Crippen LogP contribution in [-0.4, -0.2) is 14.7 Å². The summed E-state index contributed by atoms with van der Waals surface area (Å²) in [6, 6.07) is 4.76. The normalized spacial score (nSPS) is 13.6. The number of nitrogens with zero attached hydrogens (tertiary/aromatic N) is 2. The molecule has 0 fully saturated rings. The number of aliphatic hydroxyl groups excluding tert-OH is 1.